The number of hydrogen-bond acceptors (Lipinski definition) is 3. The van der Waals surface area contributed by atoms with Gasteiger partial charge in [0.05, 0.1) is 10.3 Å². The van der Waals surface area contributed by atoms with Gasteiger partial charge < -0.3 is 5.32 Å². The first-order valence-corrected chi connectivity index (χ1v) is 10.4. The molecule has 144 valence electrons. The molecule has 0 aromatic heterocycles. The number of carbonyl (C=O) groups is 1. The van der Waals surface area contributed by atoms with Gasteiger partial charge in [-0.3, -0.25) is 4.79 Å². The van der Waals surface area contributed by atoms with Crippen molar-refractivity contribution >= 4 is 15.9 Å². The maximum atomic E-state index is 13.1. The first-order valence-electron chi connectivity index (χ1n) is 8.89. The Hall–Kier alpha value is -2.25. The van der Waals surface area contributed by atoms with Crippen molar-refractivity contribution in [2.24, 2.45) is 0 Å². The summed E-state index contributed by atoms with van der Waals surface area (Å²) >= 11 is 0. The van der Waals surface area contributed by atoms with Gasteiger partial charge in [0.2, 0.25) is 15.9 Å². The van der Waals surface area contributed by atoms with E-state index in [0.29, 0.717) is 5.56 Å². The quantitative estimate of drug-likeness (QED) is 0.763. The van der Waals surface area contributed by atoms with Crippen LogP contribution in [0.15, 0.2) is 53.4 Å². The molecule has 3 rings (SSSR count). The minimum absolute atomic E-state index is 0.123. The zero-order valence-corrected chi connectivity index (χ0v) is 16.1. The summed E-state index contributed by atoms with van der Waals surface area (Å²) in [6.07, 6.45) is 1.44. The molecule has 0 radical (unpaired) electrons. The van der Waals surface area contributed by atoms with E-state index in [1.807, 2.05) is 0 Å². The molecule has 0 atom stereocenters. The fraction of sp³-hybridized carbons (Fsp3) is 0.350. The van der Waals surface area contributed by atoms with Gasteiger partial charge in [-0.1, -0.05) is 24.3 Å². The molecule has 0 bridgehead atoms. The molecule has 2 aromatic carbocycles. The van der Waals surface area contributed by atoms with Crippen LogP contribution in [0.1, 0.15) is 37.8 Å². The van der Waals surface area contributed by atoms with Crippen molar-refractivity contribution in [2.45, 2.75) is 49.6 Å². The van der Waals surface area contributed by atoms with Gasteiger partial charge in [-0.2, -0.15) is 0 Å². The Bertz CT molecular complexity index is 936. The van der Waals surface area contributed by atoms with E-state index in [2.05, 4.69) is 10.0 Å². The van der Waals surface area contributed by atoms with Crippen molar-refractivity contribution in [1.29, 1.82) is 0 Å². The van der Waals surface area contributed by atoms with Crippen LogP contribution in [0.4, 0.5) is 4.39 Å². The van der Waals surface area contributed by atoms with E-state index in [9.17, 15) is 17.6 Å². The van der Waals surface area contributed by atoms with E-state index < -0.39 is 15.4 Å². The Morgan fingerprint density at radius 3 is 2.41 bits per heavy atom. The fourth-order valence-electron chi connectivity index (χ4n) is 3.09. The number of carbonyl (C=O) groups excluding carboxylic acids is 1. The average molecular weight is 390 g/mol. The number of benzene rings is 2. The van der Waals surface area contributed by atoms with E-state index in [1.54, 1.807) is 44.2 Å². The van der Waals surface area contributed by atoms with E-state index in [-0.39, 0.29) is 29.2 Å². The minimum Gasteiger partial charge on any atom is -0.351 e. The van der Waals surface area contributed by atoms with Gasteiger partial charge in [0.1, 0.15) is 5.82 Å². The van der Waals surface area contributed by atoms with Crippen molar-refractivity contribution in [1.82, 2.24) is 10.0 Å². The van der Waals surface area contributed by atoms with Gasteiger partial charge in [-0.05, 0) is 62.1 Å². The largest absolute Gasteiger partial charge is 0.351 e. The van der Waals surface area contributed by atoms with Crippen molar-refractivity contribution in [2.75, 3.05) is 0 Å². The molecule has 1 saturated carbocycles. The third-order valence-corrected chi connectivity index (χ3v) is 6.29. The van der Waals surface area contributed by atoms with Crippen molar-refractivity contribution in [3.63, 3.8) is 0 Å². The summed E-state index contributed by atoms with van der Waals surface area (Å²) < 4.78 is 40.2. The Balaban J connectivity index is 1.69. The van der Waals surface area contributed by atoms with E-state index in [0.717, 1.165) is 18.4 Å². The van der Waals surface area contributed by atoms with Gasteiger partial charge >= 0.3 is 0 Å². The van der Waals surface area contributed by atoms with Crippen LogP contribution in [0, 0.1) is 5.82 Å². The molecule has 5 nitrogen and oxygen atoms in total. The van der Waals surface area contributed by atoms with Gasteiger partial charge in [0.15, 0.2) is 0 Å². The molecule has 1 fully saturated rings. The summed E-state index contributed by atoms with van der Waals surface area (Å²) in [5.41, 5.74) is 0.903. The smallest absolute Gasteiger partial charge is 0.240 e. The zero-order chi connectivity index (χ0) is 19.7. The molecule has 0 heterocycles. The molecule has 2 aromatic rings. The highest BCUT2D eigenvalue weighted by Crippen LogP contribution is 2.48. The third kappa shape index (κ3) is 4.36. The monoisotopic (exact) mass is 390 g/mol. The second-order valence-electron chi connectivity index (χ2n) is 7.20. The van der Waals surface area contributed by atoms with E-state index in [4.69, 9.17) is 0 Å². The summed E-state index contributed by atoms with van der Waals surface area (Å²) in [4.78, 5) is 12.8. The van der Waals surface area contributed by atoms with E-state index >= 15 is 0 Å². The number of rotatable bonds is 7. The van der Waals surface area contributed by atoms with Crippen LogP contribution in [0.5, 0.6) is 0 Å². The minimum atomic E-state index is -3.58. The second kappa shape index (κ2) is 7.40. The molecule has 0 spiro atoms. The Kier molecular flexibility index (Phi) is 5.35. The standard InChI is InChI=1S/C20H23FN2O3S/c1-14(2)23-27(25,26)18-5-3-4-15(12-18)13-22-19(24)20(10-11-20)16-6-8-17(21)9-7-16/h3-9,12,14,23H,10-11,13H2,1-2H3,(H,22,24). The first kappa shape index (κ1) is 19.5. The van der Waals surface area contributed by atoms with Crippen LogP contribution in [0.2, 0.25) is 0 Å². The number of nitrogens with one attached hydrogen (secondary N) is 2. The summed E-state index contributed by atoms with van der Waals surface area (Å²) in [5, 5.41) is 2.89. The predicted molar refractivity (Wildman–Crippen MR) is 101 cm³/mol. The predicted octanol–water partition coefficient (Wildman–Crippen LogP) is 2.86. The summed E-state index contributed by atoms with van der Waals surface area (Å²) in [6.45, 7) is 3.74. The lowest BCUT2D eigenvalue weighted by Gasteiger charge is -2.16. The maximum absolute atomic E-state index is 13.1. The van der Waals surface area contributed by atoms with E-state index in [1.165, 1.54) is 18.2 Å². The Morgan fingerprint density at radius 2 is 1.81 bits per heavy atom. The molecule has 0 aliphatic heterocycles. The summed E-state index contributed by atoms with van der Waals surface area (Å²) in [7, 11) is -3.58. The zero-order valence-electron chi connectivity index (χ0n) is 15.3. The molecule has 0 saturated heterocycles. The fourth-order valence-corrected chi connectivity index (χ4v) is 4.41. The lowest BCUT2D eigenvalue weighted by molar-refractivity contribution is -0.123. The van der Waals surface area contributed by atoms with Crippen molar-refractivity contribution in [3.8, 4) is 0 Å². The second-order valence-corrected chi connectivity index (χ2v) is 8.91. The van der Waals surface area contributed by atoms with Gasteiger partial charge in [0.25, 0.3) is 0 Å². The van der Waals surface area contributed by atoms with Crippen LogP contribution in [-0.2, 0) is 26.8 Å². The van der Waals surface area contributed by atoms with Gasteiger partial charge in [-0.15, -0.1) is 0 Å². The molecule has 27 heavy (non-hydrogen) atoms. The molecule has 1 amide bonds. The van der Waals surface area contributed by atoms with Crippen LogP contribution in [0.25, 0.3) is 0 Å². The molecular formula is C20H23FN2O3S. The number of sulfonamides is 1. The topological polar surface area (TPSA) is 75.3 Å². The number of hydrogen-bond donors (Lipinski definition) is 2. The SMILES string of the molecule is CC(C)NS(=O)(=O)c1cccc(CNC(=O)C2(c3ccc(F)cc3)CC2)c1. The van der Waals surface area contributed by atoms with Gasteiger partial charge in [-0.25, -0.2) is 17.5 Å². The lowest BCUT2D eigenvalue weighted by atomic mass is 9.95. The first-order chi connectivity index (χ1) is 12.7. The Morgan fingerprint density at radius 1 is 1.15 bits per heavy atom. The normalized spacial score (nSPS) is 15.6. The van der Waals surface area contributed by atoms with Crippen molar-refractivity contribution < 1.29 is 17.6 Å². The maximum Gasteiger partial charge on any atom is 0.240 e. The van der Waals surface area contributed by atoms with Crippen LogP contribution in [-0.4, -0.2) is 20.4 Å². The average Bonchev–Trinajstić information content (AvgIpc) is 3.41. The molecule has 1 aliphatic rings. The molecule has 2 N–H and O–H groups in total. The molecule has 1 aliphatic carbocycles. The highest BCUT2D eigenvalue weighted by molar-refractivity contribution is 7.89. The van der Waals surface area contributed by atoms with Crippen LogP contribution < -0.4 is 10.0 Å². The van der Waals surface area contributed by atoms with Crippen LogP contribution in [0.3, 0.4) is 0 Å². The highest BCUT2D eigenvalue weighted by atomic mass is 32.2. The van der Waals surface area contributed by atoms with Gasteiger partial charge in [0, 0.05) is 12.6 Å². The summed E-state index contributed by atoms with van der Waals surface area (Å²) in [5.74, 6) is -0.453. The number of amides is 1. The van der Waals surface area contributed by atoms with Crippen LogP contribution >= 0.6 is 0 Å². The Labute approximate surface area is 159 Å². The third-order valence-electron chi connectivity index (χ3n) is 4.63. The molecular weight excluding hydrogens is 367 g/mol. The highest BCUT2D eigenvalue weighted by Gasteiger charge is 2.51. The molecule has 7 heteroatoms. The lowest BCUT2D eigenvalue weighted by Crippen LogP contribution is -2.34. The number of halogens is 1. The summed E-state index contributed by atoms with van der Waals surface area (Å²) in [6, 6.07) is 12.3. The molecule has 0 unspecified atom stereocenters. The van der Waals surface area contributed by atoms with Crippen molar-refractivity contribution in [3.05, 3.63) is 65.5 Å².